The predicted molar refractivity (Wildman–Crippen MR) is 169 cm³/mol. The molecule has 12 heteroatoms. The van der Waals surface area contributed by atoms with Gasteiger partial charge in [-0.1, -0.05) is 56.3 Å². The van der Waals surface area contributed by atoms with Gasteiger partial charge in [-0.3, -0.25) is 29.0 Å². The normalized spacial score (nSPS) is 25.7. The van der Waals surface area contributed by atoms with Crippen molar-refractivity contribution in [3.63, 3.8) is 0 Å². The maximum Gasteiger partial charge on any atom is 0.262 e. The summed E-state index contributed by atoms with van der Waals surface area (Å²) in [6.45, 7) is 3.83. The van der Waals surface area contributed by atoms with E-state index in [1.165, 1.54) is 14.7 Å². The highest BCUT2D eigenvalue weighted by Crippen LogP contribution is 2.52. The second-order valence-electron chi connectivity index (χ2n) is 13.0. The van der Waals surface area contributed by atoms with Crippen LogP contribution in [0.2, 0.25) is 0 Å². The molecule has 242 valence electrons. The van der Waals surface area contributed by atoms with Gasteiger partial charge in [-0.15, -0.1) is 0 Å². The number of carbonyl (C=O) groups is 5. The molecule has 1 unspecified atom stereocenters. The van der Waals surface area contributed by atoms with Crippen LogP contribution in [0.15, 0.2) is 72.8 Å². The third kappa shape index (κ3) is 4.73. The Morgan fingerprint density at radius 3 is 2.26 bits per heavy atom. The largest absolute Gasteiger partial charge is 0.550 e. The van der Waals surface area contributed by atoms with Crippen molar-refractivity contribution in [2.24, 2.45) is 5.92 Å². The van der Waals surface area contributed by atoms with E-state index in [-0.39, 0.29) is 29.7 Å². The molecule has 0 saturated carbocycles. The van der Waals surface area contributed by atoms with Crippen molar-refractivity contribution in [2.75, 3.05) is 15.1 Å². The topological polar surface area (TPSA) is 162 Å². The summed E-state index contributed by atoms with van der Waals surface area (Å²) < 4.78 is 0. The van der Waals surface area contributed by atoms with Gasteiger partial charge >= 0.3 is 0 Å². The van der Waals surface area contributed by atoms with Crippen LogP contribution < -0.4 is 25.5 Å². The highest BCUT2D eigenvalue weighted by molar-refractivity contribution is 6.15. The molecule has 4 amide bonds. The molecule has 4 aliphatic rings. The first-order valence-electron chi connectivity index (χ1n) is 15.8. The minimum absolute atomic E-state index is 0.00511. The van der Waals surface area contributed by atoms with Gasteiger partial charge < -0.3 is 30.5 Å². The van der Waals surface area contributed by atoms with Crippen molar-refractivity contribution >= 4 is 46.7 Å². The van der Waals surface area contributed by atoms with Crippen LogP contribution in [0.5, 0.6) is 0 Å². The average molecular weight is 637 g/mol. The van der Waals surface area contributed by atoms with Crippen molar-refractivity contribution < 1.29 is 34.2 Å². The smallest absolute Gasteiger partial charge is 0.262 e. The summed E-state index contributed by atoms with van der Waals surface area (Å²) >= 11 is 0. The number of carboxylic acids is 1. The molecule has 0 aromatic heterocycles. The van der Waals surface area contributed by atoms with Gasteiger partial charge in [-0.25, -0.2) is 0 Å². The van der Waals surface area contributed by atoms with E-state index < -0.39 is 60.6 Å². The van der Waals surface area contributed by atoms with Crippen LogP contribution >= 0.6 is 0 Å². The Labute approximate surface area is 271 Å². The molecule has 0 bridgehead atoms. The molecule has 5 atom stereocenters. The lowest BCUT2D eigenvalue weighted by atomic mass is 9.84. The van der Waals surface area contributed by atoms with Crippen molar-refractivity contribution in [1.82, 2.24) is 10.2 Å². The number of hydrogen-bond acceptors (Lipinski definition) is 8. The molecule has 4 aliphatic heterocycles. The summed E-state index contributed by atoms with van der Waals surface area (Å²) in [7, 11) is 0. The van der Waals surface area contributed by atoms with Crippen molar-refractivity contribution in [3.05, 3.63) is 89.5 Å². The van der Waals surface area contributed by atoms with E-state index in [0.717, 1.165) is 0 Å². The first-order chi connectivity index (χ1) is 22.5. The second kappa shape index (κ2) is 11.2. The Hall–Kier alpha value is -5.23. The van der Waals surface area contributed by atoms with E-state index in [9.17, 15) is 34.2 Å². The van der Waals surface area contributed by atoms with Gasteiger partial charge in [-0.05, 0) is 49.1 Å². The van der Waals surface area contributed by atoms with Crippen molar-refractivity contribution in [2.45, 2.75) is 69.5 Å². The van der Waals surface area contributed by atoms with E-state index in [1.54, 1.807) is 72.8 Å². The summed E-state index contributed by atoms with van der Waals surface area (Å²) in [6.07, 6.45) is -2.97. The number of amides is 4. The number of benzene rings is 3. The Kier molecular flexibility index (Phi) is 7.27. The summed E-state index contributed by atoms with van der Waals surface area (Å²) in [5, 5.41) is 30.8. The van der Waals surface area contributed by atoms with E-state index in [4.69, 9.17) is 0 Å². The summed E-state index contributed by atoms with van der Waals surface area (Å²) in [6, 6.07) is 18.8. The minimum Gasteiger partial charge on any atom is -0.550 e. The highest BCUT2D eigenvalue weighted by atomic mass is 16.4. The van der Waals surface area contributed by atoms with Crippen LogP contribution in [0.25, 0.3) is 0 Å². The number of anilines is 3. The number of aliphatic carboxylic acids is 1. The first kappa shape index (κ1) is 30.4. The molecule has 7 rings (SSSR count). The fraction of sp³-hybridized carbons (Fsp3) is 0.343. The van der Waals surface area contributed by atoms with E-state index in [0.29, 0.717) is 34.6 Å². The lowest BCUT2D eigenvalue weighted by Crippen LogP contribution is -2.62. The molecule has 3 N–H and O–H groups in total. The van der Waals surface area contributed by atoms with Crippen LogP contribution in [0.4, 0.5) is 17.1 Å². The van der Waals surface area contributed by atoms with Gasteiger partial charge in [-0.2, -0.15) is 0 Å². The molecule has 47 heavy (non-hydrogen) atoms. The molecule has 3 aromatic carbocycles. The Morgan fingerprint density at radius 2 is 1.53 bits per heavy atom. The zero-order valence-electron chi connectivity index (χ0n) is 25.9. The number of para-hydroxylation sites is 3. The van der Waals surface area contributed by atoms with Crippen LogP contribution in [0.3, 0.4) is 0 Å². The van der Waals surface area contributed by atoms with Gasteiger partial charge in [0.25, 0.3) is 17.7 Å². The molecule has 0 spiro atoms. The summed E-state index contributed by atoms with van der Waals surface area (Å²) in [5.74, 6) is -3.17. The number of nitrogens with zero attached hydrogens (tertiary/aromatic N) is 3. The molecule has 3 aromatic rings. The van der Waals surface area contributed by atoms with Gasteiger partial charge in [0.2, 0.25) is 5.91 Å². The van der Waals surface area contributed by atoms with E-state index in [2.05, 4.69) is 10.6 Å². The molecular weight excluding hydrogens is 602 g/mol. The maximum atomic E-state index is 14.1. The van der Waals surface area contributed by atoms with E-state index >= 15 is 0 Å². The monoisotopic (exact) mass is 636 g/mol. The van der Waals surface area contributed by atoms with Gasteiger partial charge in [0.15, 0.2) is 0 Å². The number of fused-ring (bicyclic) bond motifs is 7. The lowest BCUT2D eigenvalue weighted by Gasteiger charge is -2.44. The highest BCUT2D eigenvalue weighted by Gasteiger charge is 2.64. The van der Waals surface area contributed by atoms with E-state index in [1.807, 2.05) is 13.8 Å². The zero-order valence-corrected chi connectivity index (χ0v) is 25.9. The van der Waals surface area contributed by atoms with Crippen LogP contribution in [-0.2, 0) is 20.0 Å². The number of carboxylic acid groups (broad SMARTS) is 1. The van der Waals surface area contributed by atoms with Crippen LogP contribution in [-0.4, -0.2) is 64.0 Å². The number of rotatable bonds is 7. The third-order valence-corrected chi connectivity index (χ3v) is 9.54. The fourth-order valence-corrected chi connectivity index (χ4v) is 7.62. The lowest BCUT2D eigenvalue weighted by molar-refractivity contribution is -0.305. The summed E-state index contributed by atoms with van der Waals surface area (Å²) in [5.41, 5.74) is 0.530. The van der Waals surface area contributed by atoms with Crippen LogP contribution in [0, 0.1) is 5.92 Å². The van der Waals surface area contributed by atoms with Gasteiger partial charge in [0.1, 0.15) is 24.0 Å². The quantitative estimate of drug-likeness (QED) is 0.355. The van der Waals surface area contributed by atoms with Gasteiger partial charge in [0, 0.05) is 30.1 Å². The molecule has 12 nitrogen and oxygen atoms in total. The van der Waals surface area contributed by atoms with Crippen LogP contribution in [0.1, 0.15) is 65.8 Å². The Morgan fingerprint density at radius 1 is 0.872 bits per heavy atom. The molecular formula is C35H34N5O7-. The number of hydrogen-bond donors (Lipinski definition) is 3. The maximum absolute atomic E-state index is 14.1. The minimum atomic E-state index is -1.93. The molecule has 0 aliphatic carbocycles. The molecule has 4 heterocycles. The predicted octanol–water partition coefficient (Wildman–Crippen LogP) is 1.93. The average Bonchev–Trinajstić information content (AvgIpc) is 3.43. The number of aliphatic hydroxyl groups is 1. The fourth-order valence-electron chi connectivity index (χ4n) is 7.62. The standard InChI is InChI=1S/C35H35N5O7/c1-19(2)17-27-33(46)40-26-14-8-5-11-22(26)35(47,34(40)38(27)28(41)15-16-29(42)43)18-24-30-36-23-12-6-3-9-20(23)32(45)39(30)25-13-7-4-10-21(25)31(44)37-24/h3-14,19,24,27,30,34,36,47H,15-18H2,1-2H3,(H,37,44)(H,42,43)/p-1/t24-,27-,30?,34-,35-/m0/s1. The molecule has 1 saturated heterocycles. The third-order valence-electron chi connectivity index (χ3n) is 9.54. The second-order valence-corrected chi connectivity index (χ2v) is 13.0. The summed E-state index contributed by atoms with van der Waals surface area (Å²) in [4.78, 5) is 71.5. The molecule has 1 fully saturated rings. The van der Waals surface area contributed by atoms with Crippen molar-refractivity contribution in [3.8, 4) is 0 Å². The zero-order chi connectivity index (χ0) is 33.2. The Bertz CT molecular complexity index is 1830. The first-order valence-corrected chi connectivity index (χ1v) is 15.8. The SMILES string of the molecule is CC(C)C[C@H]1C(=O)N2c3ccccc3[C@@](O)(C[C@@H]3NC(=O)c4ccccc4N4C(=O)c5ccccc5NC34)[C@H]2N1C(=O)CCC(=O)[O-]. The van der Waals surface area contributed by atoms with Gasteiger partial charge in [0.05, 0.1) is 28.5 Å². The number of nitrogens with one attached hydrogen (secondary N) is 2. The molecule has 0 radical (unpaired) electrons. The number of carbonyl (C=O) groups excluding carboxylic acids is 5. The Balaban J connectivity index is 1.36. The van der Waals surface area contributed by atoms with Crippen molar-refractivity contribution in [1.29, 1.82) is 0 Å².